The molecule has 0 radical (unpaired) electrons. The normalized spacial score (nSPS) is 14.2. The van der Waals surface area contributed by atoms with Crippen LogP contribution in [0, 0.1) is 0 Å². The van der Waals surface area contributed by atoms with E-state index < -0.39 is 41.6 Å². The van der Waals surface area contributed by atoms with Crippen LogP contribution in [0.2, 0.25) is 0 Å². The molecule has 1 N–H and O–H groups in total. The molecule has 1 aliphatic rings. The molecular weight excluding hydrogens is 374 g/mol. The molecule has 0 fully saturated rings. The van der Waals surface area contributed by atoms with E-state index in [0.717, 1.165) is 5.56 Å². The molecule has 3 rings (SSSR count). The average molecular weight is 388 g/mol. The van der Waals surface area contributed by atoms with Gasteiger partial charge in [-0.05, 0) is 36.2 Å². The first kappa shape index (κ1) is 19.1. The van der Waals surface area contributed by atoms with E-state index in [4.69, 9.17) is 0 Å². The van der Waals surface area contributed by atoms with E-state index in [2.05, 4.69) is 5.32 Å². The first-order valence-electron chi connectivity index (χ1n) is 7.97. The lowest BCUT2D eigenvalue weighted by Gasteiger charge is -2.19. The second-order valence-corrected chi connectivity index (χ2v) is 6.07. The van der Waals surface area contributed by atoms with Gasteiger partial charge in [0.2, 0.25) is 5.91 Å². The van der Waals surface area contributed by atoms with Crippen molar-refractivity contribution in [3.63, 3.8) is 0 Å². The molecule has 0 saturated carbocycles. The molecule has 3 nitrogen and oxygen atoms in total. The van der Waals surface area contributed by atoms with Crippen LogP contribution in [-0.2, 0) is 23.6 Å². The first-order valence-corrected chi connectivity index (χ1v) is 7.97. The van der Waals surface area contributed by atoms with Crippen molar-refractivity contribution < 1.29 is 31.1 Å². The van der Waals surface area contributed by atoms with Gasteiger partial charge < -0.3 is 10.2 Å². The van der Waals surface area contributed by atoms with Crippen LogP contribution < -0.4 is 10.2 Å². The number of carbonyl (C=O) groups is 1. The Morgan fingerprint density at radius 3 is 2.15 bits per heavy atom. The standard InChI is InChI=1S/C18H14F6N2O/c19-17(20,21)12-7-13(18(22,23)24)9-14(8-12)25-10-16(27)26-6-5-11-3-1-2-4-15(11)26/h1-4,7-9,25H,5-6,10H2. The summed E-state index contributed by atoms with van der Waals surface area (Å²) in [4.78, 5) is 13.8. The summed E-state index contributed by atoms with van der Waals surface area (Å²) in [5, 5.41) is 2.39. The Balaban J connectivity index is 1.79. The van der Waals surface area contributed by atoms with E-state index in [1.807, 2.05) is 12.1 Å². The maximum Gasteiger partial charge on any atom is 0.416 e. The smallest absolute Gasteiger partial charge is 0.376 e. The zero-order valence-corrected chi connectivity index (χ0v) is 13.8. The third-order valence-corrected chi connectivity index (χ3v) is 4.22. The molecule has 1 amide bonds. The van der Waals surface area contributed by atoms with Gasteiger partial charge >= 0.3 is 12.4 Å². The van der Waals surface area contributed by atoms with E-state index in [9.17, 15) is 31.1 Å². The second-order valence-electron chi connectivity index (χ2n) is 6.07. The minimum atomic E-state index is -4.93. The Kier molecular flexibility index (Phi) is 4.79. The Morgan fingerprint density at radius 2 is 1.56 bits per heavy atom. The highest BCUT2D eigenvalue weighted by Crippen LogP contribution is 2.37. The first-order chi connectivity index (χ1) is 12.6. The molecule has 2 aromatic carbocycles. The van der Waals surface area contributed by atoms with E-state index in [-0.39, 0.29) is 6.07 Å². The predicted octanol–water partition coefficient (Wildman–Crippen LogP) is 4.73. The lowest BCUT2D eigenvalue weighted by Crippen LogP contribution is -2.34. The molecule has 1 heterocycles. The number of carbonyl (C=O) groups excluding carboxylic acids is 1. The monoisotopic (exact) mass is 388 g/mol. The highest BCUT2D eigenvalue weighted by Gasteiger charge is 2.37. The summed E-state index contributed by atoms with van der Waals surface area (Å²) in [6.07, 6.45) is -9.23. The summed E-state index contributed by atoms with van der Waals surface area (Å²) >= 11 is 0. The molecule has 27 heavy (non-hydrogen) atoms. The fraction of sp³-hybridized carbons (Fsp3) is 0.278. The van der Waals surface area contributed by atoms with Crippen LogP contribution >= 0.6 is 0 Å². The zero-order valence-electron chi connectivity index (χ0n) is 13.8. The molecule has 0 saturated heterocycles. The van der Waals surface area contributed by atoms with Crippen LogP contribution in [0.4, 0.5) is 37.7 Å². The van der Waals surface area contributed by atoms with Gasteiger partial charge in [-0.3, -0.25) is 4.79 Å². The molecule has 0 spiro atoms. The number of anilines is 2. The SMILES string of the molecule is O=C(CNc1cc(C(F)(F)F)cc(C(F)(F)F)c1)N1CCc2ccccc21. The lowest BCUT2D eigenvalue weighted by molar-refractivity contribution is -0.143. The zero-order chi connectivity index (χ0) is 19.8. The molecule has 0 atom stereocenters. The van der Waals surface area contributed by atoms with E-state index >= 15 is 0 Å². The maximum absolute atomic E-state index is 12.9. The number of hydrogen-bond acceptors (Lipinski definition) is 2. The Labute approximate surface area is 150 Å². The summed E-state index contributed by atoms with van der Waals surface area (Å²) in [6.45, 7) is -0.0107. The van der Waals surface area contributed by atoms with Crippen molar-refractivity contribution in [3.8, 4) is 0 Å². The second kappa shape index (κ2) is 6.79. The Morgan fingerprint density at radius 1 is 0.963 bits per heavy atom. The summed E-state index contributed by atoms with van der Waals surface area (Å²) in [5.41, 5.74) is -1.62. The van der Waals surface area contributed by atoms with Crippen molar-refractivity contribution in [2.24, 2.45) is 0 Å². The van der Waals surface area contributed by atoms with Crippen molar-refractivity contribution in [3.05, 3.63) is 59.2 Å². The number of nitrogens with one attached hydrogen (secondary N) is 1. The van der Waals surface area contributed by atoms with Crippen molar-refractivity contribution in [1.82, 2.24) is 0 Å². The third-order valence-electron chi connectivity index (χ3n) is 4.22. The van der Waals surface area contributed by atoms with Gasteiger partial charge in [-0.25, -0.2) is 0 Å². The van der Waals surface area contributed by atoms with E-state index in [1.54, 1.807) is 12.1 Å². The summed E-state index contributed by atoms with van der Waals surface area (Å²) < 4.78 is 77.3. The summed E-state index contributed by atoms with van der Waals surface area (Å²) in [6, 6.07) is 8.34. The number of benzene rings is 2. The molecular formula is C18H14F6N2O. The molecule has 0 aromatic heterocycles. The topological polar surface area (TPSA) is 32.3 Å². The van der Waals surface area contributed by atoms with Crippen LogP contribution in [0.1, 0.15) is 16.7 Å². The van der Waals surface area contributed by atoms with Gasteiger partial charge in [0, 0.05) is 17.9 Å². The van der Waals surface area contributed by atoms with Crippen molar-refractivity contribution in [2.45, 2.75) is 18.8 Å². The highest BCUT2D eigenvalue weighted by atomic mass is 19.4. The fourth-order valence-electron chi connectivity index (χ4n) is 2.93. The third kappa shape index (κ3) is 4.17. The molecule has 0 aliphatic carbocycles. The van der Waals surface area contributed by atoms with Crippen LogP contribution in [0.25, 0.3) is 0 Å². The minimum Gasteiger partial charge on any atom is -0.376 e. The van der Waals surface area contributed by atoms with E-state index in [1.165, 1.54) is 4.90 Å². The molecule has 2 aromatic rings. The van der Waals surface area contributed by atoms with Gasteiger partial charge in [0.05, 0.1) is 17.7 Å². The van der Waals surface area contributed by atoms with Gasteiger partial charge in [-0.2, -0.15) is 26.3 Å². The van der Waals surface area contributed by atoms with Crippen LogP contribution in [-0.4, -0.2) is 19.0 Å². The Bertz CT molecular complexity index is 827. The number of amides is 1. The number of para-hydroxylation sites is 1. The largest absolute Gasteiger partial charge is 0.416 e. The fourth-order valence-corrected chi connectivity index (χ4v) is 2.93. The number of alkyl halides is 6. The number of hydrogen-bond donors (Lipinski definition) is 1. The Hall–Kier alpha value is -2.71. The molecule has 0 bridgehead atoms. The minimum absolute atomic E-state index is 0.0454. The van der Waals surface area contributed by atoms with Gasteiger partial charge in [0.1, 0.15) is 0 Å². The van der Waals surface area contributed by atoms with Crippen LogP contribution in [0.5, 0.6) is 0 Å². The van der Waals surface area contributed by atoms with Gasteiger partial charge in [0.25, 0.3) is 0 Å². The number of halogens is 6. The number of fused-ring (bicyclic) bond motifs is 1. The van der Waals surface area contributed by atoms with Crippen molar-refractivity contribution in [1.29, 1.82) is 0 Å². The number of nitrogens with zero attached hydrogens (tertiary/aromatic N) is 1. The van der Waals surface area contributed by atoms with Crippen LogP contribution in [0.15, 0.2) is 42.5 Å². The molecule has 0 unspecified atom stereocenters. The highest BCUT2D eigenvalue weighted by molar-refractivity contribution is 5.98. The average Bonchev–Trinajstić information content (AvgIpc) is 3.02. The molecule has 1 aliphatic heterocycles. The van der Waals surface area contributed by atoms with Gasteiger partial charge in [-0.1, -0.05) is 18.2 Å². The quantitative estimate of drug-likeness (QED) is 0.772. The molecule has 9 heteroatoms. The van der Waals surface area contributed by atoms with Crippen LogP contribution in [0.3, 0.4) is 0 Å². The number of rotatable bonds is 3. The predicted molar refractivity (Wildman–Crippen MR) is 87.4 cm³/mol. The lowest BCUT2D eigenvalue weighted by atomic mass is 10.1. The van der Waals surface area contributed by atoms with Gasteiger partial charge in [-0.15, -0.1) is 0 Å². The summed E-state index contributed by atoms with van der Waals surface area (Å²) in [7, 11) is 0. The van der Waals surface area contributed by atoms with Crippen molar-refractivity contribution >= 4 is 17.3 Å². The van der Waals surface area contributed by atoms with Crippen molar-refractivity contribution in [2.75, 3.05) is 23.3 Å². The molecule has 144 valence electrons. The maximum atomic E-state index is 12.9. The van der Waals surface area contributed by atoms with E-state index in [0.29, 0.717) is 30.8 Å². The summed E-state index contributed by atoms with van der Waals surface area (Å²) in [5.74, 6) is -0.439. The van der Waals surface area contributed by atoms with Gasteiger partial charge in [0.15, 0.2) is 0 Å².